The first-order chi connectivity index (χ1) is 36.8. The van der Waals surface area contributed by atoms with Crippen molar-refractivity contribution in [2.24, 2.45) is 0 Å². The SMILES string of the molecule is CCCCCCC/C=C\C/C=C\CCCCCCCCCCCCCC(=O)NC(COC1OC(CO)C(OC2OC(CO)C(OC3OC(CO)C(O)C(O)C3O)C(O)C2O)C(O)C1O)C(O)/C=C/CCCCCCCC. The van der Waals surface area contributed by atoms with Gasteiger partial charge in [0.1, 0.15) is 73.2 Å². The highest BCUT2D eigenvalue weighted by Crippen LogP contribution is 2.33. The third kappa shape index (κ3) is 25.2. The summed E-state index contributed by atoms with van der Waals surface area (Å²) >= 11 is 0. The number of nitrogens with one attached hydrogen (secondary N) is 1. The van der Waals surface area contributed by atoms with Gasteiger partial charge in [-0.25, -0.2) is 0 Å². The van der Waals surface area contributed by atoms with Crippen molar-refractivity contribution in [2.45, 2.75) is 291 Å². The minimum Gasteiger partial charge on any atom is -0.394 e. The molecule has 0 radical (unpaired) electrons. The first-order valence-corrected chi connectivity index (χ1v) is 29.2. The molecule has 76 heavy (non-hydrogen) atoms. The van der Waals surface area contributed by atoms with E-state index in [4.69, 9.17) is 28.4 Å². The summed E-state index contributed by atoms with van der Waals surface area (Å²) in [4.78, 5) is 13.3. The lowest BCUT2D eigenvalue weighted by Crippen LogP contribution is -2.66. The Morgan fingerprint density at radius 3 is 1.34 bits per heavy atom. The predicted octanol–water partition coefficient (Wildman–Crippen LogP) is 4.54. The van der Waals surface area contributed by atoms with E-state index in [0.29, 0.717) is 6.42 Å². The van der Waals surface area contributed by atoms with Crippen molar-refractivity contribution in [1.29, 1.82) is 0 Å². The van der Waals surface area contributed by atoms with Gasteiger partial charge in [-0.1, -0.05) is 166 Å². The number of allylic oxidation sites excluding steroid dienone is 5. The third-order valence-corrected chi connectivity index (χ3v) is 14.7. The molecule has 3 heterocycles. The van der Waals surface area contributed by atoms with Crippen LogP contribution in [0.25, 0.3) is 0 Å². The summed E-state index contributed by atoms with van der Waals surface area (Å²) in [6, 6.07) is -0.970. The Balaban J connectivity index is 1.44. The zero-order valence-electron chi connectivity index (χ0n) is 46.0. The Bertz CT molecular complexity index is 1540. The lowest BCUT2D eigenvalue weighted by Gasteiger charge is -2.48. The van der Waals surface area contributed by atoms with E-state index in [1.165, 1.54) is 96.3 Å². The van der Waals surface area contributed by atoms with E-state index >= 15 is 0 Å². The monoisotopic (exact) mass is 1090 g/mol. The summed E-state index contributed by atoms with van der Waals surface area (Å²) in [5, 5.41) is 120. The average molecular weight is 1090 g/mol. The van der Waals surface area contributed by atoms with Gasteiger partial charge >= 0.3 is 0 Å². The summed E-state index contributed by atoms with van der Waals surface area (Å²) in [5.74, 6) is -0.283. The number of carbonyl (C=O) groups is 1. The maximum Gasteiger partial charge on any atom is 0.220 e. The van der Waals surface area contributed by atoms with Gasteiger partial charge in [0.2, 0.25) is 5.91 Å². The summed E-state index contributed by atoms with van der Waals surface area (Å²) in [7, 11) is 0. The van der Waals surface area contributed by atoms with E-state index in [2.05, 4.69) is 43.5 Å². The Morgan fingerprint density at radius 2 is 0.868 bits per heavy atom. The predicted molar refractivity (Wildman–Crippen MR) is 286 cm³/mol. The first-order valence-electron chi connectivity index (χ1n) is 29.2. The molecule has 19 heteroatoms. The number of aliphatic hydroxyl groups excluding tert-OH is 11. The van der Waals surface area contributed by atoms with E-state index in [9.17, 15) is 61.0 Å². The molecule has 1 amide bonds. The van der Waals surface area contributed by atoms with Crippen LogP contribution in [0.4, 0.5) is 0 Å². The molecule has 0 spiro atoms. The van der Waals surface area contributed by atoms with Crippen LogP contribution in [0.3, 0.4) is 0 Å². The smallest absolute Gasteiger partial charge is 0.220 e. The van der Waals surface area contributed by atoms with Crippen LogP contribution in [-0.2, 0) is 33.2 Å². The van der Waals surface area contributed by atoms with E-state index in [-0.39, 0.29) is 18.9 Å². The number of carbonyl (C=O) groups excluding carboxylic acids is 1. The van der Waals surface area contributed by atoms with Gasteiger partial charge in [0, 0.05) is 6.42 Å². The number of hydrogen-bond donors (Lipinski definition) is 12. The molecule has 3 saturated heterocycles. The van der Waals surface area contributed by atoms with Gasteiger partial charge in [-0.05, 0) is 51.4 Å². The fourth-order valence-electron chi connectivity index (χ4n) is 9.81. The zero-order valence-corrected chi connectivity index (χ0v) is 46.0. The van der Waals surface area contributed by atoms with Crippen LogP contribution in [0.5, 0.6) is 0 Å². The number of hydrogen-bond acceptors (Lipinski definition) is 18. The Hall–Kier alpha value is -1.99. The molecule has 0 aromatic carbocycles. The van der Waals surface area contributed by atoms with Gasteiger partial charge in [-0.3, -0.25) is 4.79 Å². The molecule has 0 bridgehead atoms. The molecule has 3 fully saturated rings. The molecule has 19 nitrogen and oxygen atoms in total. The quantitative estimate of drug-likeness (QED) is 0.0295. The van der Waals surface area contributed by atoms with Crippen LogP contribution in [0.15, 0.2) is 36.5 Å². The largest absolute Gasteiger partial charge is 0.394 e. The Morgan fingerprint density at radius 1 is 0.474 bits per heavy atom. The molecule has 17 unspecified atom stereocenters. The van der Waals surface area contributed by atoms with Crippen LogP contribution >= 0.6 is 0 Å². The molecule has 3 aliphatic rings. The fourth-order valence-corrected chi connectivity index (χ4v) is 9.81. The number of ether oxygens (including phenoxy) is 6. The molecule has 0 aliphatic carbocycles. The number of amides is 1. The van der Waals surface area contributed by atoms with Crippen molar-refractivity contribution < 1.29 is 89.4 Å². The molecule has 3 rings (SSSR count). The second-order valence-electron chi connectivity index (χ2n) is 21.1. The van der Waals surface area contributed by atoms with E-state index in [0.717, 1.165) is 64.2 Å². The highest BCUT2D eigenvalue weighted by Gasteiger charge is 2.53. The Kier molecular flexibility index (Phi) is 36.9. The molecule has 0 aromatic heterocycles. The van der Waals surface area contributed by atoms with E-state index < -0.39 is 124 Å². The lowest BCUT2D eigenvalue weighted by atomic mass is 9.96. The highest BCUT2D eigenvalue weighted by atomic mass is 16.8. The number of unbranched alkanes of at least 4 members (excludes halogenated alkanes) is 22. The van der Waals surface area contributed by atoms with Crippen molar-refractivity contribution in [1.82, 2.24) is 5.32 Å². The van der Waals surface area contributed by atoms with Crippen LogP contribution in [0.1, 0.15) is 187 Å². The molecule has 0 saturated carbocycles. The topological polar surface area (TPSA) is 307 Å². The van der Waals surface area contributed by atoms with Crippen molar-refractivity contribution in [3.63, 3.8) is 0 Å². The average Bonchev–Trinajstić information content (AvgIpc) is 3.42. The Labute approximate surface area is 453 Å². The van der Waals surface area contributed by atoms with Crippen LogP contribution in [0.2, 0.25) is 0 Å². The van der Waals surface area contributed by atoms with E-state index in [1.54, 1.807) is 6.08 Å². The second-order valence-corrected chi connectivity index (χ2v) is 21.1. The minimum absolute atomic E-state index is 0.240. The highest BCUT2D eigenvalue weighted by molar-refractivity contribution is 5.76. The molecular formula is C57H103NO18. The molecular weight excluding hydrogens is 987 g/mol. The number of rotatable bonds is 42. The maximum absolute atomic E-state index is 13.3. The molecule has 0 aromatic rings. The fraction of sp³-hybridized carbons (Fsp3) is 0.877. The van der Waals surface area contributed by atoms with Gasteiger partial charge in [0.25, 0.3) is 0 Å². The molecule has 17 atom stereocenters. The summed E-state index contributed by atoms with van der Waals surface area (Å²) in [5.41, 5.74) is 0. The normalized spacial score (nSPS) is 31.2. The van der Waals surface area contributed by atoms with Crippen molar-refractivity contribution in [3.8, 4) is 0 Å². The van der Waals surface area contributed by atoms with Crippen molar-refractivity contribution >= 4 is 5.91 Å². The van der Waals surface area contributed by atoms with Crippen LogP contribution in [-0.4, -0.2) is 193 Å². The summed E-state index contributed by atoms with van der Waals surface area (Å²) in [6.45, 7) is 1.64. The standard InChI is InChI=1S/C57H103NO18/c1-3-5-7-9-11-13-14-15-16-17-18-19-20-21-22-23-24-25-26-27-29-31-33-35-45(63)58-40(41(62)34-32-30-28-12-10-8-6-4-2)39-71-55-51(69)48(66)53(43(37-60)73-55)76-57-52(70)49(67)54(44(38-61)74-57)75-56-50(68)47(65)46(64)42(36-59)72-56/h14-15,17-18,32,34,40-44,46-57,59-62,64-70H,3-13,16,19-31,33,35-39H2,1-2H3,(H,58,63)/b15-14-,18-17-,34-32+. The van der Waals surface area contributed by atoms with Crippen LogP contribution < -0.4 is 5.32 Å². The summed E-state index contributed by atoms with van der Waals surface area (Å²) < 4.78 is 34.1. The molecule has 3 aliphatic heterocycles. The van der Waals surface area contributed by atoms with Crippen LogP contribution in [0, 0.1) is 0 Å². The van der Waals surface area contributed by atoms with Crippen molar-refractivity contribution in [3.05, 3.63) is 36.5 Å². The lowest BCUT2D eigenvalue weighted by molar-refractivity contribution is -0.379. The first kappa shape index (κ1) is 68.3. The molecule has 444 valence electrons. The number of aliphatic hydroxyl groups is 11. The maximum atomic E-state index is 13.3. The van der Waals surface area contributed by atoms with Gasteiger partial charge in [0.15, 0.2) is 18.9 Å². The zero-order chi connectivity index (χ0) is 55.5. The summed E-state index contributed by atoms with van der Waals surface area (Å²) in [6.07, 6.45) is 15.9. The van der Waals surface area contributed by atoms with Gasteiger partial charge in [-0.15, -0.1) is 0 Å². The van der Waals surface area contributed by atoms with Gasteiger partial charge in [-0.2, -0.15) is 0 Å². The second kappa shape index (κ2) is 41.1. The van der Waals surface area contributed by atoms with Gasteiger partial charge in [0.05, 0.1) is 38.6 Å². The van der Waals surface area contributed by atoms with E-state index in [1.807, 2.05) is 6.08 Å². The molecule has 12 N–H and O–H groups in total. The van der Waals surface area contributed by atoms with Crippen molar-refractivity contribution in [2.75, 3.05) is 26.4 Å². The van der Waals surface area contributed by atoms with Gasteiger partial charge < -0.3 is 89.9 Å². The third-order valence-electron chi connectivity index (χ3n) is 14.7. The minimum atomic E-state index is -1.98.